The summed E-state index contributed by atoms with van der Waals surface area (Å²) in [6.07, 6.45) is 10.1. The van der Waals surface area contributed by atoms with Crippen LogP contribution in [0.3, 0.4) is 0 Å². The van der Waals surface area contributed by atoms with Crippen molar-refractivity contribution in [1.82, 2.24) is 14.5 Å². The van der Waals surface area contributed by atoms with E-state index < -0.39 is 0 Å². The molecule has 2 amide bonds. The van der Waals surface area contributed by atoms with E-state index in [1.165, 1.54) is 25.5 Å². The Kier molecular flexibility index (Phi) is 7.11. The molecule has 38 heavy (non-hydrogen) atoms. The number of hydrogen-bond acceptors (Lipinski definition) is 5. The van der Waals surface area contributed by atoms with Gasteiger partial charge in [-0.05, 0) is 74.8 Å². The van der Waals surface area contributed by atoms with Crippen LogP contribution in [0.15, 0.2) is 30.6 Å². The molecule has 3 aromatic rings. The molecular weight excluding hydrogens is 478 g/mol. The van der Waals surface area contributed by atoms with Crippen LogP contribution in [0.25, 0.3) is 11.0 Å². The van der Waals surface area contributed by atoms with E-state index in [4.69, 9.17) is 9.72 Å². The molecule has 1 N–H and O–H groups in total. The summed E-state index contributed by atoms with van der Waals surface area (Å²) >= 11 is 0. The number of piperidine rings is 1. The fourth-order valence-electron chi connectivity index (χ4n) is 6.27. The predicted octanol–water partition coefficient (Wildman–Crippen LogP) is 5.55. The molecule has 8 heteroatoms. The fourth-order valence-corrected chi connectivity index (χ4v) is 6.27. The Morgan fingerprint density at radius 3 is 2.66 bits per heavy atom. The number of carbonyl (C=O) groups excluding carboxylic acids is 2. The number of nitriles is 1. The van der Waals surface area contributed by atoms with Crippen molar-refractivity contribution < 1.29 is 15.8 Å². The van der Waals surface area contributed by atoms with Gasteiger partial charge in [-0.25, -0.2) is 4.98 Å². The van der Waals surface area contributed by atoms with E-state index in [-0.39, 0.29) is 19.3 Å². The highest BCUT2D eigenvalue weighted by atomic mass is 16.5. The topological polar surface area (TPSA) is 100 Å². The smallest absolute Gasteiger partial charge is 0.255 e. The van der Waals surface area contributed by atoms with Crippen LogP contribution >= 0.6 is 0 Å². The number of ether oxygens (including phenoxy) is 1. The van der Waals surface area contributed by atoms with Crippen molar-refractivity contribution in [2.24, 2.45) is 13.0 Å². The summed E-state index contributed by atoms with van der Waals surface area (Å²) in [7, 11) is 3.51. The molecule has 200 valence electrons. The quantitative estimate of drug-likeness (QED) is 0.481. The first kappa shape index (κ1) is 25.8. The van der Waals surface area contributed by atoms with Crippen LogP contribution in [-0.2, 0) is 11.8 Å². The first-order valence-corrected chi connectivity index (χ1v) is 13.5. The van der Waals surface area contributed by atoms with E-state index in [1.807, 2.05) is 18.5 Å². The molecule has 8 nitrogen and oxygen atoms in total. The van der Waals surface area contributed by atoms with Crippen LogP contribution in [0.5, 0.6) is 5.75 Å². The molecular formula is C30H37N5O3. The number of carbonyl (C=O) groups is 2. The molecule has 1 aliphatic carbocycles. The number of nitrogens with one attached hydrogen (secondary N) is 1. The summed E-state index contributed by atoms with van der Waals surface area (Å²) < 4.78 is 7.30. The van der Waals surface area contributed by atoms with E-state index >= 15 is 0 Å². The number of pyridine rings is 1. The number of aryl methyl sites for hydroxylation is 2. The van der Waals surface area contributed by atoms with Gasteiger partial charge < -0.3 is 19.5 Å². The molecule has 2 fully saturated rings. The van der Waals surface area contributed by atoms with Gasteiger partial charge in [0.2, 0.25) is 5.91 Å². The van der Waals surface area contributed by atoms with Gasteiger partial charge in [0.25, 0.3) is 5.91 Å². The van der Waals surface area contributed by atoms with Gasteiger partial charge in [0.15, 0.2) is 0 Å². The molecule has 2 aliphatic rings. The fraction of sp³-hybridized carbons (Fsp3) is 0.467. The molecule has 0 unspecified atom stereocenters. The number of nitrogens with zero attached hydrogens (tertiary/aromatic N) is 4. The van der Waals surface area contributed by atoms with Crippen molar-refractivity contribution >= 4 is 28.5 Å². The zero-order valence-corrected chi connectivity index (χ0v) is 22.6. The van der Waals surface area contributed by atoms with Gasteiger partial charge in [0.1, 0.15) is 11.4 Å². The molecule has 0 bridgehead atoms. The number of fused-ring (bicyclic) bond motifs is 1. The van der Waals surface area contributed by atoms with Gasteiger partial charge in [-0.15, -0.1) is 0 Å². The summed E-state index contributed by atoms with van der Waals surface area (Å²) in [4.78, 5) is 33.1. The maximum atomic E-state index is 13.1. The molecule has 2 atom stereocenters. The number of anilines is 1. The summed E-state index contributed by atoms with van der Waals surface area (Å²) in [5.41, 5.74) is 4.40. The van der Waals surface area contributed by atoms with Crippen molar-refractivity contribution in [1.29, 1.82) is 5.26 Å². The third kappa shape index (κ3) is 4.73. The molecule has 1 aliphatic heterocycles. The second-order valence-electron chi connectivity index (χ2n) is 10.8. The van der Waals surface area contributed by atoms with Crippen LogP contribution in [0.2, 0.25) is 0 Å². The molecule has 1 aromatic carbocycles. The number of likely N-dealkylation sites (tertiary alicyclic amines) is 1. The first-order chi connectivity index (χ1) is 18.3. The Labute approximate surface area is 225 Å². The molecule has 3 heterocycles. The van der Waals surface area contributed by atoms with Gasteiger partial charge in [0.05, 0.1) is 30.6 Å². The van der Waals surface area contributed by atoms with Crippen molar-refractivity contribution in [2.75, 3.05) is 19.0 Å². The highest BCUT2D eigenvalue weighted by Gasteiger charge is 2.35. The average Bonchev–Trinajstić information content (AvgIpc) is 3.58. The second kappa shape index (κ2) is 10.5. The lowest BCUT2D eigenvalue weighted by Crippen LogP contribution is -2.46. The third-order valence-electron chi connectivity index (χ3n) is 8.36. The zero-order valence-electron chi connectivity index (χ0n) is 22.6. The largest absolute Gasteiger partial charge is 0.497 e. The van der Waals surface area contributed by atoms with E-state index in [0.29, 0.717) is 34.4 Å². The minimum atomic E-state index is -0.325. The van der Waals surface area contributed by atoms with Gasteiger partial charge in [-0.3, -0.25) is 9.59 Å². The van der Waals surface area contributed by atoms with Crippen LogP contribution in [0.1, 0.15) is 79.8 Å². The van der Waals surface area contributed by atoms with E-state index in [9.17, 15) is 14.9 Å². The Balaban J connectivity index is 0.00000353. The van der Waals surface area contributed by atoms with Crippen molar-refractivity contribution in [3.8, 4) is 11.8 Å². The van der Waals surface area contributed by atoms with Crippen LogP contribution in [0.4, 0.5) is 5.69 Å². The Hall–Kier alpha value is -3.86. The van der Waals surface area contributed by atoms with Crippen LogP contribution in [-0.4, -0.2) is 46.0 Å². The van der Waals surface area contributed by atoms with Crippen molar-refractivity contribution in [3.05, 3.63) is 52.8 Å². The van der Waals surface area contributed by atoms with Crippen LogP contribution in [0, 0.1) is 24.2 Å². The number of methoxy groups -OCH3 is 1. The highest BCUT2D eigenvalue weighted by molar-refractivity contribution is 6.06. The molecule has 5 rings (SSSR count). The Morgan fingerprint density at radius 1 is 1.21 bits per heavy atom. The number of aromatic nitrogens is 2. The second-order valence-corrected chi connectivity index (χ2v) is 10.8. The Bertz CT molecular complexity index is 1440. The van der Waals surface area contributed by atoms with Crippen LogP contribution < -0.4 is 10.1 Å². The molecule has 1 saturated carbocycles. The number of rotatable bonds is 5. The summed E-state index contributed by atoms with van der Waals surface area (Å²) in [5, 5.41) is 13.4. The monoisotopic (exact) mass is 515 g/mol. The summed E-state index contributed by atoms with van der Waals surface area (Å²) in [6, 6.07) is 7.03. The van der Waals surface area contributed by atoms with E-state index in [1.54, 1.807) is 24.4 Å². The van der Waals surface area contributed by atoms with E-state index in [2.05, 4.69) is 29.4 Å². The number of amides is 2. The molecule has 0 radical (unpaired) electrons. The highest BCUT2D eigenvalue weighted by Crippen LogP contribution is 2.40. The lowest BCUT2D eigenvalue weighted by molar-refractivity contribution is -0.138. The average molecular weight is 516 g/mol. The lowest BCUT2D eigenvalue weighted by atomic mass is 9.84. The predicted molar refractivity (Wildman–Crippen MR) is 148 cm³/mol. The third-order valence-corrected chi connectivity index (χ3v) is 8.36. The first-order valence-electron chi connectivity index (χ1n) is 13.5. The SMILES string of the molecule is COc1cc(C#N)cc(C(=O)Nc2cnc3c(c([C@@H]4CCN(C(=O)C5CCCC5)[C@@H](C)C4)cn3C)c2C)c1.[HH]. The maximum Gasteiger partial charge on any atom is 0.255 e. The Morgan fingerprint density at radius 2 is 1.97 bits per heavy atom. The van der Waals surface area contributed by atoms with Gasteiger partial charge >= 0.3 is 0 Å². The summed E-state index contributed by atoms with van der Waals surface area (Å²) in [5.74, 6) is 0.986. The van der Waals surface area contributed by atoms with Gasteiger partial charge in [-0.2, -0.15) is 5.26 Å². The van der Waals surface area contributed by atoms with Crippen molar-refractivity contribution in [2.45, 2.75) is 64.3 Å². The van der Waals surface area contributed by atoms with Crippen molar-refractivity contribution in [3.63, 3.8) is 0 Å². The van der Waals surface area contributed by atoms with Gasteiger partial charge in [-0.1, -0.05) is 12.8 Å². The standard InChI is InChI=1S/C30H35N5O3.H2/c1-18-11-22(9-10-35(18)30(37)21-7-5-6-8-21)25-17-34(3)28-27(25)19(2)26(16-32-28)33-29(36)23-12-20(15-31)13-24(14-23)38-4;/h12-14,16-18,21-22H,5-11H2,1-4H3,(H,33,36);1H/t18-,22+;/m0./s1. The molecule has 0 spiro atoms. The molecule has 2 aromatic heterocycles. The molecule has 1 saturated heterocycles. The van der Waals surface area contributed by atoms with Gasteiger partial charge in [0, 0.05) is 44.1 Å². The number of benzene rings is 1. The normalized spacial score (nSPS) is 19.9. The zero-order chi connectivity index (χ0) is 27.0. The minimum absolute atomic E-state index is 0. The number of hydrogen-bond donors (Lipinski definition) is 1. The maximum absolute atomic E-state index is 13.1. The van der Waals surface area contributed by atoms with E-state index in [0.717, 1.165) is 48.8 Å². The minimum Gasteiger partial charge on any atom is -0.497 e. The lowest BCUT2D eigenvalue weighted by Gasteiger charge is -2.39. The summed E-state index contributed by atoms with van der Waals surface area (Å²) in [6.45, 7) is 4.96.